The number of rotatable bonds is 4. The lowest BCUT2D eigenvalue weighted by atomic mass is 9.57. The summed E-state index contributed by atoms with van der Waals surface area (Å²) in [5, 5.41) is 7.32. The van der Waals surface area contributed by atoms with Crippen molar-refractivity contribution < 1.29 is 4.74 Å². The fraction of sp³-hybridized carbons (Fsp3) is 0.667. The zero-order chi connectivity index (χ0) is 17.5. The summed E-state index contributed by atoms with van der Waals surface area (Å²) < 4.78 is 5.91. The molecule has 0 bridgehead atoms. The molecule has 26 heavy (non-hydrogen) atoms. The predicted octanol–water partition coefficient (Wildman–Crippen LogP) is 3.70. The van der Waals surface area contributed by atoms with Crippen molar-refractivity contribution in [2.75, 3.05) is 20.2 Å². The Morgan fingerprint density at radius 3 is 2.58 bits per heavy atom. The third-order valence-electron chi connectivity index (χ3n) is 6.91. The molecule has 1 heterocycles. The van der Waals surface area contributed by atoms with E-state index in [1.54, 1.807) is 0 Å². The molecule has 0 spiro atoms. The largest absolute Gasteiger partial charge is 0.377 e. The van der Waals surface area contributed by atoms with E-state index in [9.17, 15) is 0 Å². The Hall–Kier alpha value is -0.820. The Kier molecular flexibility index (Phi) is 5.87. The minimum Gasteiger partial charge on any atom is -0.377 e. The highest BCUT2D eigenvalue weighted by atomic mass is 127. The summed E-state index contributed by atoms with van der Waals surface area (Å²) in [6.45, 7) is 6.47. The third kappa shape index (κ3) is 3.26. The van der Waals surface area contributed by atoms with Gasteiger partial charge in [-0.3, -0.25) is 4.99 Å². The van der Waals surface area contributed by atoms with E-state index in [4.69, 9.17) is 4.74 Å². The molecule has 1 aliphatic heterocycles. The van der Waals surface area contributed by atoms with Gasteiger partial charge in [-0.2, -0.15) is 0 Å². The Balaban J connectivity index is 0.00000196. The summed E-state index contributed by atoms with van der Waals surface area (Å²) in [6.07, 6.45) is 5.41. The van der Waals surface area contributed by atoms with Crippen LogP contribution in [0.4, 0.5) is 0 Å². The normalized spacial score (nSPS) is 31.0. The second-order valence-corrected chi connectivity index (χ2v) is 8.61. The average Bonchev–Trinajstić information content (AvgIpc) is 3.04. The number of aliphatic imine (C=N–C) groups is 1. The van der Waals surface area contributed by atoms with Crippen LogP contribution in [0, 0.1) is 11.3 Å². The van der Waals surface area contributed by atoms with E-state index in [0.29, 0.717) is 18.1 Å². The van der Waals surface area contributed by atoms with Crippen molar-refractivity contribution in [1.29, 1.82) is 0 Å². The number of nitrogens with one attached hydrogen (secondary N) is 2. The van der Waals surface area contributed by atoms with Gasteiger partial charge in [-0.05, 0) is 24.8 Å². The van der Waals surface area contributed by atoms with E-state index < -0.39 is 0 Å². The van der Waals surface area contributed by atoms with Crippen molar-refractivity contribution in [2.45, 2.75) is 57.1 Å². The van der Waals surface area contributed by atoms with Gasteiger partial charge >= 0.3 is 0 Å². The number of ether oxygens (including phenoxy) is 1. The molecule has 3 aliphatic rings. The number of nitrogens with zero attached hydrogens (tertiary/aromatic N) is 1. The van der Waals surface area contributed by atoms with Gasteiger partial charge in [-0.25, -0.2) is 0 Å². The molecule has 0 amide bonds. The maximum absolute atomic E-state index is 5.91. The van der Waals surface area contributed by atoms with Crippen LogP contribution >= 0.6 is 24.0 Å². The monoisotopic (exact) mass is 469 g/mol. The first-order chi connectivity index (χ1) is 12.1. The van der Waals surface area contributed by atoms with E-state index >= 15 is 0 Å². The molecule has 1 aromatic carbocycles. The molecule has 5 heteroatoms. The first-order valence-corrected chi connectivity index (χ1v) is 9.71. The molecule has 3 fully saturated rings. The fourth-order valence-electron chi connectivity index (χ4n) is 5.17. The lowest BCUT2D eigenvalue weighted by Crippen LogP contribution is -2.68. The highest BCUT2D eigenvalue weighted by Gasteiger charge is 2.59. The number of hydrogen-bond donors (Lipinski definition) is 2. The van der Waals surface area contributed by atoms with E-state index in [1.807, 2.05) is 7.05 Å². The van der Waals surface area contributed by atoms with Crippen molar-refractivity contribution in [3.63, 3.8) is 0 Å². The smallest absolute Gasteiger partial charge is 0.191 e. The Morgan fingerprint density at radius 1 is 1.23 bits per heavy atom. The zero-order valence-electron chi connectivity index (χ0n) is 16.1. The first kappa shape index (κ1) is 19.9. The average molecular weight is 469 g/mol. The topological polar surface area (TPSA) is 45.7 Å². The number of guanidine groups is 1. The number of hydrogen-bond acceptors (Lipinski definition) is 2. The summed E-state index contributed by atoms with van der Waals surface area (Å²) in [6, 6.07) is 11.4. The molecule has 1 saturated heterocycles. The van der Waals surface area contributed by atoms with Crippen molar-refractivity contribution in [1.82, 2.24) is 10.6 Å². The minimum atomic E-state index is 0. The van der Waals surface area contributed by atoms with E-state index in [1.165, 1.54) is 24.8 Å². The second-order valence-electron chi connectivity index (χ2n) is 8.61. The summed E-state index contributed by atoms with van der Waals surface area (Å²) >= 11 is 0. The first-order valence-electron chi connectivity index (χ1n) is 9.71. The molecular formula is C21H32IN3O. The maximum atomic E-state index is 5.91. The molecular weight excluding hydrogens is 437 g/mol. The molecule has 144 valence electrons. The van der Waals surface area contributed by atoms with Gasteiger partial charge in [0.05, 0.1) is 6.10 Å². The lowest BCUT2D eigenvalue weighted by molar-refractivity contribution is -0.106. The molecule has 0 radical (unpaired) electrons. The van der Waals surface area contributed by atoms with Gasteiger partial charge < -0.3 is 15.4 Å². The second kappa shape index (κ2) is 7.66. The van der Waals surface area contributed by atoms with Gasteiger partial charge in [0.2, 0.25) is 0 Å². The Morgan fingerprint density at radius 2 is 1.96 bits per heavy atom. The highest BCUT2D eigenvalue weighted by molar-refractivity contribution is 14.0. The highest BCUT2D eigenvalue weighted by Crippen LogP contribution is 2.52. The molecule has 4 nitrogen and oxygen atoms in total. The third-order valence-corrected chi connectivity index (χ3v) is 6.91. The predicted molar refractivity (Wildman–Crippen MR) is 117 cm³/mol. The fourth-order valence-corrected chi connectivity index (χ4v) is 5.17. The number of benzene rings is 1. The van der Waals surface area contributed by atoms with Gasteiger partial charge in [-0.1, -0.05) is 50.6 Å². The molecule has 4 rings (SSSR count). The zero-order valence-corrected chi connectivity index (χ0v) is 18.5. The van der Waals surface area contributed by atoms with Crippen LogP contribution < -0.4 is 10.6 Å². The van der Waals surface area contributed by atoms with Crippen LogP contribution in [0.25, 0.3) is 0 Å². The van der Waals surface area contributed by atoms with Crippen LogP contribution in [0.3, 0.4) is 0 Å². The summed E-state index contributed by atoms with van der Waals surface area (Å²) in [4.78, 5) is 4.50. The Labute approximate surface area is 174 Å². The van der Waals surface area contributed by atoms with E-state index in [-0.39, 0.29) is 34.8 Å². The van der Waals surface area contributed by atoms with Crippen molar-refractivity contribution >= 4 is 29.9 Å². The van der Waals surface area contributed by atoms with Crippen LogP contribution in [0.15, 0.2) is 35.3 Å². The van der Waals surface area contributed by atoms with Crippen molar-refractivity contribution in [3.05, 3.63) is 35.9 Å². The molecule has 2 saturated carbocycles. The summed E-state index contributed by atoms with van der Waals surface area (Å²) in [5.74, 6) is 1.56. The molecule has 0 aromatic heterocycles. The molecule has 2 aliphatic carbocycles. The van der Waals surface area contributed by atoms with Crippen LogP contribution in [0.1, 0.15) is 45.1 Å². The van der Waals surface area contributed by atoms with Crippen LogP contribution in [0.2, 0.25) is 0 Å². The van der Waals surface area contributed by atoms with E-state index in [2.05, 4.69) is 59.8 Å². The molecule has 1 aromatic rings. The SMILES string of the molecule is CN=C(NCC1(c2ccccc2)CCC1)NC1C2CCOC2C1(C)C.I. The molecule has 3 unspecified atom stereocenters. The van der Waals surface area contributed by atoms with Crippen molar-refractivity contribution in [2.24, 2.45) is 16.3 Å². The minimum absolute atomic E-state index is 0. The van der Waals surface area contributed by atoms with Crippen LogP contribution in [-0.2, 0) is 10.2 Å². The molecule has 2 N–H and O–H groups in total. The number of halogens is 1. The van der Waals surface area contributed by atoms with Crippen molar-refractivity contribution in [3.8, 4) is 0 Å². The van der Waals surface area contributed by atoms with E-state index in [0.717, 1.165) is 25.5 Å². The van der Waals surface area contributed by atoms with Gasteiger partial charge in [0.25, 0.3) is 0 Å². The summed E-state index contributed by atoms with van der Waals surface area (Å²) in [5.41, 5.74) is 1.90. The van der Waals surface area contributed by atoms with Crippen LogP contribution in [-0.4, -0.2) is 38.3 Å². The maximum Gasteiger partial charge on any atom is 0.191 e. The quantitative estimate of drug-likeness (QED) is 0.402. The number of fused-ring (bicyclic) bond motifs is 1. The van der Waals surface area contributed by atoms with Gasteiger partial charge in [0, 0.05) is 43.0 Å². The standard InChI is InChI=1S/C21H31N3O.HI/c1-20(2)17(16-10-13-25-18(16)20)24-19(22-3)23-14-21(11-7-12-21)15-8-5-4-6-9-15;/h4-6,8-9,16-18H,7,10-14H2,1-3H3,(H2,22,23,24);1H. The lowest BCUT2D eigenvalue weighted by Gasteiger charge is -2.55. The Bertz CT molecular complexity index is 642. The summed E-state index contributed by atoms with van der Waals surface area (Å²) in [7, 11) is 1.87. The van der Waals surface area contributed by atoms with Gasteiger partial charge in [-0.15, -0.1) is 24.0 Å². The van der Waals surface area contributed by atoms with Gasteiger partial charge in [0.1, 0.15) is 0 Å². The molecule has 3 atom stereocenters. The van der Waals surface area contributed by atoms with Gasteiger partial charge in [0.15, 0.2) is 5.96 Å². The van der Waals surface area contributed by atoms with Crippen LogP contribution in [0.5, 0.6) is 0 Å².